The Kier molecular flexibility index (Phi) is 3.02. The highest BCUT2D eigenvalue weighted by atomic mass is 16.3. The summed E-state index contributed by atoms with van der Waals surface area (Å²) in [5.74, 6) is 0.738. The molecule has 0 heterocycles. The van der Waals surface area contributed by atoms with Crippen molar-refractivity contribution in [3.05, 3.63) is 24.3 Å². The molecule has 0 aliphatic heterocycles. The van der Waals surface area contributed by atoms with Crippen LogP contribution >= 0.6 is 0 Å². The summed E-state index contributed by atoms with van der Waals surface area (Å²) in [5.41, 5.74) is 0.312. The molecular formula is C14H20O2. The van der Waals surface area contributed by atoms with Gasteiger partial charge >= 0.3 is 0 Å². The summed E-state index contributed by atoms with van der Waals surface area (Å²) >= 11 is 0. The first-order chi connectivity index (χ1) is 7.59. The number of aliphatic hydroxyl groups excluding tert-OH is 1. The molecule has 16 heavy (non-hydrogen) atoms. The molecule has 2 aliphatic carbocycles. The first-order valence-corrected chi connectivity index (χ1v) is 6.13. The summed E-state index contributed by atoms with van der Waals surface area (Å²) in [6.45, 7) is 5.62. The summed E-state index contributed by atoms with van der Waals surface area (Å²) in [6.07, 6.45) is 7.79. The Morgan fingerprint density at radius 3 is 2.56 bits per heavy atom. The monoisotopic (exact) mass is 220 g/mol. The Morgan fingerprint density at radius 1 is 1.50 bits per heavy atom. The third kappa shape index (κ3) is 1.75. The highest BCUT2D eigenvalue weighted by molar-refractivity contribution is 5.92. The van der Waals surface area contributed by atoms with Gasteiger partial charge in [0.2, 0.25) is 0 Å². The predicted octanol–water partition coefficient (Wildman–Crippen LogP) is 2.63. The lowest BCUT2D eigenvalue weighted by Crippen LogP contribution is -2.36. The van der Waals surface area contributed by atoms with Crippen molar-refractivity contribution >= 4 is 5.78 Å². The molecule has 2 heteroatoms. The number of ketones is 1. The molecule has 1 unspecified atom stereocenters. The van der Waals surface area contributed by atoms with E-state index in [1.165, 1.54) is 0 Å². The fourth-order valence-corrected chi connectivity index (χ4v) is 3.30. The van der Waals surface area contributed by atoms with Crippen LogP contribution in [0.1, 0.15) is 39.0 Å². The van der Waals surface area contributed by atoms with Crippen LogP contribution < -0.4 is 0 Å². The van der Waals surface area contributed by atoms with Crippen LogP contribution in [-0.2, 0) is 4.79 Å². The van der Waals surface area contributed by atoms with Crippen LogP contribution in [-0.4, -0.2) is 17.0 Å². The topological polar surface area (TPSA) is 37.3 Å². The molecule has 0 saturated heterocycles. The molecule has 2 fully saturated rings. The van der Waals surface area contributed by atoms with Gasteiger partial charge in [0.25, 0.3) is 0 Å². The average molecular weight is 220 g/mol. The van der Waals surface area contributed by atoms with Gasteiger partial charge in [0.15, 0.2) is 5.78 Å². The maximum atomic E-state index is 12.3. The molecule has 88 valence electrons. The number of hydrogen-bond acceptors (Lipinski definition) is 2. The lowest BCUT2D eigenvalue weighted by atomic mass is 9.77. The minimum atomic E-state index is -0.993. The number of carbonyl (C=O) groups is 1. The average Bonchev–Trinajstić information content (AvgIpc) is 2.88. The lowest BCUT2D eigenvalue weighted by Gasteiger charge is -2.27. The quantitative estimate of drug-likeness (QED) is 0.739. The molecule has 0 aromatic carbocycles. The van der Waals surface area contributed by atoms with E-state index >= 15 is 0 Å². The number of fused-ring (bicyclic) bond motifs is 2. The largest absolute Gasteiger partial charge is 0.381 e. The Balaban J connectivity index is 2.10. The van der Waals surface area contributed by atoms with Gasteiger partial charge in [0.1, 0.15) is 6.10 Å². The summed E-state index contributed by atoms with van der Waals surface area (Å²) in [6, 6.07) is 0. The van der Waals surface area contributed by atoms with Crippen molar-refractivity contribution in [3.8, 4) is 0 Å². The van der Waals surface area contributed by atoms with E-state index in [-0.39, 0.29) is 11.2 Å². The minimum absolute atomic E-state index is 0.00981. The number of allylic oxidation sites excluding steroid dienone is 1. The second kappa shape index (κ2) is 4.17. The zero-order chi connectivity index (χ0) is 11.8. The number of rotatable bonds is 4. The van der Waals surface area contributed by atoms with Crippen molar-refractivity contribution < 1.29 is 9.90 Å². The van der Waals surface area contributed by atoms with E-state index in [9.17, 15) is 9.90 Å². The van der Waals surface area contributed by atoms with Gasteiger partial charge in [-0.2, -0.15) is 0 Å². The van der Waals surface area contributed by atoms with Crippen LogP contribution in [0.25, 0.3) is 0 Å². The van der Waals surface area contributed by atoms with Crippen LogP contribution in [0.3, 0.4) is 0 Å². The summed E-state index contributed by atoms with van der Waals surface area (Å²) < 4.78 is 0. The van der Waals surface area contributed by atoms with Gasteiger partial charge in [-0.05, 0) is 50.5 Å². The molecular weight excluding hydrogens is 200 g/mol. The zero-order valence-corrected chi connectivity index (χ0v) is 9.91. The van der Waals surface area contributed by atoms with Gasteiger partial charge < -0.3 is 5.11 Å². The fraction of sp³-hybridized carbons (Fsp3) is 0.643. The van der Waals surface area contributed by atoms with Crippen LogP contribution in [0.4, 0.5) is 0 Å². The second-order valence-electron chi connectivity index (χ2n) is 5.27. The molecule has 0 spiro atoms. The van der Waals surface area contributed by atoms with Crippen LogP contribution in [0.15, 0.2) is 24.3 Å². The van der Waals surface area contributed by atoms with Crippen LogP contribution in [0.5, 0.6) is 0 Å². The van der Waals surface area contributed by atoms with Crippen LogP contribution in [0.2, 0.25) is 0 Å². The van der Waals surface area contributed by atoms with E-state index in [1.807, 2.05) is 13.0 Å². The van der Waals surface area contributed by atoms with Gasteiger partial charge in [-0.3, -0.25) is 4.79 Å². The lowest BCUT2D eigenvalue weighted by molar-refractivity contribution is -0.135. The zero-order valence-electron chi connectivity index (χ0n) is 9.91. The van der Waals surface area contributed by atoms with E-state index in [4.69, 9.17) is 0 Å². The van der Waals surface area contributed by atoms with Crippen molar-refractivity contribution in [1.82, 2.24) is 0 Å². The molecule has 0 radical (unpaired) electrons. The van der Waals surface area contributed by atoms with Gasteiger partial charge in [-0.15, -0.1) is 0 Å². The van der Waals surface area contributed by atoms with E-state index in [1.54, 1.807) is 6.08 Å². The summed E-state index contributed by atoms with van der Waals surface area (Å²) in [7, 11) is 0. The van der Waals surface area contributed by atoms with Gasteiger partial charge in [0.05, 0.1) is 0 Å². The molecule has 2 rings (SSSR count). The van der Waals surface area contributed by atoms with Crippen molar-refractivity contribution in [2.24, 2.45) is 11.3 Å². The van der Waals surface area contributed by atoms with Gasteiger partial charge in [0, 0.05) is 5.41 Å². The van der Waals surface area contributed by atoms with E-state index in [0.29, 0.717) is 5.57 Å². The molecule has 2 saturated carbocycles. The Labute approximate surface area is 97.0 Å². The number of hydrogen-bond donors (Lipinski definition) is 1. The fourth-order valence-electron chi connectivity index (χ4n) is 3.30. The number of aliphatic hydroxyl groups is 1. The van der Waals surface area contributed by atoms with Crippen LogP contribution in [0, 0.1) is 11.3 Å². The molecule has 1 atom stereocenters. The third-order valence-corrected chi connectivity index (χ3v) is 4.24. The maximum absolute atomic E-state index is 12.3. The van der Waals surface area contributed by atoms with Crippen molar-refractivity contribution in [1.29, 1.82) is 0 Å². The number of Topliss-reactive ketones (excluding diaryl/α,β-unsaturated/α-hetero) is 1. The molecule has 2 nitrogen and oxygen atoms in total. The molecule has 2 bridgehead atoms. The van der Waals surface area contributed by atoms with E-state index in [2.05, 4.69) is 6.58 Å². The summed E-state index contributed by atoms with van der Waals surface area (Å²) in [5, 5.41) is 9.99. The molecule has 0 aromatic rings. The van der Waals surface area contributed by atoms with Crippen molar-refractivity contribution in [2.75, 3.05) is 0 Å². The van der Waals surface area contributed by atoms with Gasteiger partial charge in [-0.1, -0.05) is 18.7 Å². The molecule has 0 amide bonds. The maximum Gasteiger partial charge on any atom is 0.171 e. The Hall–Kier alpha value is -0.890. The predicted molar refractivity (Wildman–Crippen MR) is 64.0 cm³/mol. The summed E-state index contributed by atoms with van der Waals surface area (Å²) in [4.78, 5) is 12.3. The van der Waals surface area contributed by atoms with Crippen molar-refractivity contribution in [2.45, 2.75) is 45.1 Å². The Morgan fingerprint density at radius 2 is 2.12 bits per heavy atom. The highest BCUT2D eigenvalue weighted by Gasteiger charge is 2.51. The molecule has 1 N–H and O–H groups in total. The molecule has 0 aromatic heterocycles. The van der Waals surface area contributed by atoms with Gasteiger partial charge in [-0.25, -0.2) is 0 Å². The molecule has 2 aliphatic rings. The normalized spacial score (nSPS) is 34.5. The van der Waals surface area contributed by atoms with E-state index < -0.39 is 6.10 Å². The SMILES string of the molecule is C=C(/C=C\C)C(O)C(=O)[C@]12CC[C@H](CC1)C2. The van der Waals surface area contributed by atoms with Crippen molar-refractivity contribution in [3.63, 3.8) is 0 Å². The first kappa shape index (κ1) is 11.6. The second-order valence-corrected chi connectivity index (χ2v) is 5.27. The first-order valence-electron chi connectivity index (χ1n) is 6.13. The highest BCUT2D eigenvalue weighted by Crippen LogP contribution is 2.55. The third-order valence-electron chi connectivity index (χ3n) is 4.24. The number of carbonyl (C=O) groups excluding carboxylic acids is 1. The van der Waals surface area contributed by atoms with E-state index in [0.717, 1.165) is 38.0 Å². The standard InChI is InChI=1S/C14H20O2/c1-3-4-10(2)12(15)13(16)14-7-5-11(9-14)6-8-14/h3-4,11-12,15H,2,5-9H2,1H3/b4-3-/t11-,12?,14-. The minimum Gasteiger partial charge on any atom is -0.381 e. The Bertz CT molecular complexity index is 333. The smallest absolute Gasteiger partial charge is 0.171 e.